The number of halogens is 1. The number of carbonyl (C=O) groups is 2. The van der Waals surface area contributed by atoms with Crippen LogP contribution < -0.4 is 9.80 Å². The number of hydrogen-bond donors (Lipinski definition) is 0. The first-order chi connectivity index (χ1) is 14.1. The maximum absolute atomic E-state index is 13.0. The Bertz CT molecular complexity index is 881. The molecule has 2 amide bonds. The number of nitrogens with zero attached hydrogens (tertiary/aromatic N) is 3. The fourth-order valence-electron chi connectivity index (χ4n) is 4.22. The molecule has 2 aromatic rings. The van der Waals surface area contributed by atoms with Gasteiger partial charge in [-0.15, -0.1) is 0 Å². The molecule has 0 spiro atoms. The molecular formula is C23H26ClN3O2. The fraction of sp³-hybridized carbons (Fsp3) is 0.391. The molecule has 2 aromatic carbocycles. The van der Waals surface area contributed by atoms with E-state index in [1.807, 2.05) is 36.4 Å². The van der Waals surface area contributed by atoms with Gasteiger partial charge in [0.05, 0.1) is 11.4 Å². The zero-order chi connectivity index (χ0) is 20.2. The Hall–Kier alpha value is -2.37. The van der Waals surface area contributed by atoms with Crippen LogP contribution in [0.1, 0.15) is 32.1 Å². The summed E-state index contributed by atoms with van der Waals surface area (Å²) in [4.78, 5) is 31.8. The quantitative estimate of drug-likeness (QED) is 0.674. The predicted molar refractivity (Wildman–Crippen MR) is 117 cm³/mol. The first-order valence-corrected chi connectivity index (χ1v) is 10.7. The highest BCUT2D eigenvalue weighted by Gasteiger charge is 2.32. The average Bonchev–Trinajstić information content (AvgIpc) is 2.83. The van der Waals surface area contributed by atoms with Gasteiger partial charge in [0, 0.05) is 17.3 Å². The Morgan fingerprint density at radius 1 is 0.828 bits per heavy atom. The van der Waals surface area contributed by atoms with Crippen LogP contribution in [0, 0.1) is 0 Å². The molecule has 0 aliphatic carbocycles. The Morgan fingerprint density at radius 3 is 2.34 bits per heavy atom. The van der Waals surface area contributed by atoms with E-state index in [4.69, 9.17) is 11.6 Å². The van der Waals surface area contributed by atoms with E-state index >= 15 is 0 Å². The lowest BCUT2D eigenvalue weighted by Gasteiger charge is -2.29. The highest BCUT2D eigenvalue weighted by Crippen LogP contribution is 2.39. The van der Waals surface area contributed by atoms with E-state index < -0.39 is 0 Å². The summed E-state index contributed by atoms with van der Waals surface area (Å²) < 4.78 is 0. The smallest absolute Gasteiger partial charge is 0.241 e. The molecule has 6 heteroatoms. The molecule has 0 bridgehead atoms. The number of para-hydroxylation sites is 1. The van der Waals surface area contributed by atoms with E-state index in [1.165, 1.54) is 19.3 Å². The molecular weight excluding hydrogens is 386 g/mol. The molecule has 0 saturated carbocycles. The van der Waals surface area contributed by atoms with E-state index in [9.17, 15) is 9.59 Å². The highest BCUT2D eigenvalue weighted by atomic mass is 35.5. The molecule has 5 nitrogen and oxygen atoms in total. The van der Waals surface area contributed by atoms with Crippen LogP contribution in [0.25, 0.3) is 0 Å². The van der Waals surface area contributed by atoms with Gasteiger partial charge in [0.25, 0.3) is 0 Å². The number of hydrogen-bond acceptors (Lipinski definition) is 3. The van der Waals surface area contributed by atoms with E-state index in [0.717, 1.165) is 37.4 Å². The molecule has 0 unspecified atom stereocenters. The zero-order valence-electron chi connectivity index (χ0n) is 16.5. The molecule has 1 fully saturated rings. The summed E-state index contributed by atoms with van der Waals surface area (Å²) in [7, 11) is 0. The summed E-state index contributed by atoms with van der Waals surface area (Å²) in [5.74, 6) is -0.390. The van der Waals surface area contributed by atoms with Crippen molar-refractivity contribution in [1.82, 2.24) is 4.90 Å². The molecule has 2 aliphatic rings. The molecule has 2 aliphatic heterocycles. The number of anilines is 3. The van der Waals surface area contributed by atoms with Crippen LogP contribution in [-0.2, 0) is 9.59 Å². The molecule has 0 N–H and O–H groups in total. The van der Waals surface area contributed by atoms with Crippen molar-refractivity contribution in [3.8, 4) is 0 Å². The molecule has 29 heavy (non-hydrogen) atoms. The molecule has 4 rings (SSSR count). The van der Waals surface area contributed by atoms with Crippen LogP contribution in [0.5, 0.6) is 0 Å². The van der Waals surface area contributed by atoms with Crippen LogP contribution in [-0.4, -0.2) is 42.9 Å². The minimum atomic E-state index is -0.233. The Morgan fingerprint density at radius 2 is 1.59 bits per heavy atom. The Labute approximate surface area is 176 Å². The Balaban J connectivity index is 1.62. The topological polar surface area (TPSA) is 43.9 Å². The van der Waals surface area contributed by atoms with Crippen molar-refractivity contribution in [3.63, 3.8) is 0 Å². The normalized spacial score (nSPS) is 18.0. The first-order valence-electron chi connectivity index (χ1n) is 10.3. The van der Waals surface area contributed by atoms with E-state index in [1.54, 1.807) is 21.9 Å². The van der Waals surface area contributed by atoms with Gasteiger partial charge in [-0.1, -0.05) is 36.2 Å². The summed E-state index contributed by atoms with van der Waals surface area (Å²) in [6.45, 7) is 3.85. The molecule has 0 radical (unpaired) electrons. The summed E-state index contributed by atoms with van der Waals surface area (Å²) in [6, 6.07) is 14.8. The highest BCUT2D eigenvalue weighted by molar-refractivity contribution is 6.31. The molecule has 0 atom stereocenters. The van der Waals surface area contributed by atoms with Crippen LogP contribution >= 0.6 is 11.6 Å². The average molecular weight is 412 g/mol. The van der Waals surface area contributed by atoms with Gasteiger partial charge >= 0.3 is 0 Å². The van der Waals surface area contributed by atoms with Crippen molar-refractivity contribution in [3.05, 3.63) is 53.6 Å². The number of benzene rings is 2. The van der Waals surface area contributed by atoms with Gasteiger partial charge in [-0.3, -0.25) is 14.5 Å². The summed E-state index contributed by atoms with van der Waals surface area (Å²) >= 11 is 6.27. The van der Waals surface area contributed by atoms with Crippen molar-refractivity contribution in [1.29, 1.82) is 0 Å². The summed E-state index contributed by atoms with van der Waals surface area (Å²) in [5, 5.41) is 0.542. The third-order valence-corrected chi connectivity index (χ3v) is 5.88. The third kappa shape index (κ3) is 4.46. The minimum Gasteiger partial charge on any atom is -0.310 e. The van der Waals surface area contributed by atoms with Gasteiger partial charge in [0.1, 0.15) is 6.42 Å². The van der Waals surface area contributed by atoms with Crippen molar-refractivity contribution in [2.45, 2.75) is 32.1 Å². The number of amides is 2. The molecule has 0 aromatic heterocycles. The molecule has 2 heterocycles. The summed E-state index contributed by atoms with van der Waals surface area (Å²) in [5.41, 5.74) is 2.15. The van der Waals surface area contributed by atoms with E-state index in [2.05, 4.69) is 4.90 Å². The first kappa shape index (κ1) is 19.9. The van der Waals surface area contributed by atoms with Gasteiger partial charge in [-0.25, -0.2) is 0 Å². The second-order valence-corrected chi connectivity index (χ2v) is 8.11. The van der Waals surface area contributed by atoms with Crippen LogP contribution in [0.2, 0.25) is 5.02 Å². The lowest BCUT2D eigenvalue weighted by Crippen LogP contribution is -2.36. The van der Waals surface area contributed by atoms with E-state index in [-0.39, 0.29) is 18.2 Å². The minimum absolute atomic E-state index is 0.148. The number of likely N-dealkylation sites (tertiary alicyclic amines) is 1. The number of carbonyl (C=O) groups excluding carboxylic acids is 2. The fourth-order valence-corrected chi connectivity index (χ4v) is 4.38. The summed E-state index contributed by atoms with van der Waals surface area (Å²) in [6.07, 6.45) is 4.56. The van der Waals surface area contributed by atoms with E-state index in [0.29, 0.717) is 17.3 Å². The van der Waals surface area contributed by atoms with Crippen molar-refractivity contribution in [2.24, 2.45) is 0 Å². The van der Waals surface area contributed by atoms with Crippen molar-refractivity contribution in [2.75, 3.05) is 36.0 Å². The Kier molecular flexibility index (Phi) is 6.16. The standard InChI is InChI=1S/C23H26ClN3O2/c24-18-10-11-20-21(16-18)27(19-8-3-1-4-9-19)23(29)17-22(28)26(20)15-7-14-25-12-5-2-6-13-25/h1,3-4,8-11,16H,2,5-7,12-15,17H2. The second-order valence-electron chi connectivity index (χ2n) is 7.68. The van der Waals surface area contributed by atoms with Crippen LogP contribution in [0.15, 0.2) is 48.5 Å². The van der Waals surface area contributed by atoms with Gasteiger partial charge in [-0.05, 0) is 69.2 Å². The molecule has 1 saturated heterocycles. The second kappa shape index (κ2) is 8.97. The zero-order valence-corrected chi connectivity index (χ0v) is 17.3. The monoisotopic (exact) mass is 411 g/mol. The SMILES string of the molecule is O=C1CC(=O)N(c2ccccc2)c2cc(Cl)ccc2N1CCCN1CCCCC1. The predicted octanol–water partition coefficient (Wildman–Crippen LogP) is 4.62. The largest absolute Gasteiger partial charge is 0.310 e. The van der Waals surface area contributed by atoms with Crippen molar-refractivity contribution < 1.29 is 9.59 Å². The number of rotatable bonds is 5. The maximum Gasteiger partial charge on any atom is 0.241 e. The lowest BCUT2D eigenvalue weighted by atomic mass is 10.1. The maximum atomic E-state index is 13.0. The van der Waals surface area contributed by atoms with Crippen LogP contribution in [0.3, 0.4) is 0 Å². The lowest BCUT2D eigenvalue weighted by molar-refractivity contribution is -0.125. The van der Waals surface area contributed by atoms with Crippen LogP contribution in [0.4, 0.5) is 17.1 Å². The number of fused-ring (bicyclic) bond motifs is 1. The third-order valence-electron chi connectivity index (χ3n) is 5.64. The van der Waals surface area contributed by atoms with Crippen molar-refractivity contribution >= 4 is 40.5 Å². The molecule has 152 valence electrons. The van der Waals surface area contributed by atoms with Gasteiger partial charge in [-0.2, -0.15) is 0 Å². The van der Waals surface area contributed by atoms with Gasteiger partial charge in [0.15, 0.2) is 0 Å². The number of piperidine rings is 1. The van der Waals surface area contributed by atoms with Gasteiger partial charge < -0.3 is 9.80 Å². The van der Waals surface area contributed by atoms with Gasteiger partial charge in [0.2, 0.25) is 11.8 Å².